The lowest BCUT2D eigenvalue weighted by atomic mass is 9.35. The first-order valence-corrected chi connectivity index (χ1v) is 23.9. The molecule has 0 spiro atoms. The fourth-order valence-corrected chi connectivity index (χ4v) is 12.7. The molecule has 4 aliphatic carbocycles. The third-order valence-corrected chi connectivity index (χ3v) is 16.9. The van der Waals surface area contributed by atoms with E-state index in [2.05, 4.69) is 185 Å². The number of fused-ring (bicyclic) bond motifs is 9. The maximum Gasteiger partial charge on any atom is 0.297 e. The van der Waals surface area contributed by atoms with Gasteiger partial charge in [-0.1, -0.05) is 113 Å². The van der Waals surface area contributed by atoms with Crippen molar-refractivity contribution >= 4 is 68.4 Å². The van der Waals surface area contributed by atoms with Crippen LogP contribution in [-0.4, -0.2) is 6.71 Å². The van der Waals surface area contributed by atoms with Crippen LogP contribution >= 0.6 is 0 Å². The second kappa shape index (κ2) is 13.0. The highest BCUT2D eigenvalue weighted by Crippen LogP contribution is 2.56. The van der Waals surface area contributed by atoms with Crippen molar-refractivity contribution in [2.24, 2.45) is 5.92 Å². The molecule has 318 valence electrons. The van der Waals surface area contributed by atoms with Gasteiger partial charge in [0.15, 0.2) is 0 Å². The van der Waals surface area contributed by atoms with Gasteiger partial charge in [-0.2, -0.15) is 0 Å². The molecule has 5 aromatic carbocycles. The van der Waals surface area contributed by atoms with Gasteiger partial charge in [0.05, 0.1) is 11.3 Å². The van der Waals surface area contributed by atoms with Crippen molar-refractivity contribution in [3.63, 3.8) is 0 Å². The smallest absolute Gasteiger partial charge is 0.297 e. The van der Waals surface area contributed by atoms with Gasteiger partial charge >= 0.3 is 0 Å². The Bertz CT molecular complexity index is 2820. The number of hydrogen-bond acceptors (Lipinski definition) is 3. The summed E-state index contributed by atoms with van der Waals surface area (Å²) in [6.45, 7) is 31.0. The highest BCUT2D eigenvalue weighted by atomic mass is 16.3. The predicted molar refractivity (Wildman–Crippen MR) is 265 cm³/mol. The zero-order chi connectivity index (χ0) is 43.6. The van der Waals surface area contributed by atoms with Crippen LogP contribution < -0.4 is 26.4 Å². The SMILES string of the molecule is Cc1cc2c3c(c1)N(c1ccc(C(C)(C)C)cc1)c1c(oc4cc5c(cc14)C(C)C1CCC5(C)CC1)B3c1cc3c(cc1N2c1ccc(C(C)(C)C)cc1)C(C)(C)CCC3(C)C. The first kappa shape index (κ1) is 40.1. The average Bonchev–Trinajstić information content (AvgIpc) is 3.50. The summed E-state index contributed by atoms with van der Waals surface area (Å²) in [6.07, 6.45) is 7.52. The molecule has 1 atom stereocenters. The molecule has 1 aromatic heterocycles. The molecule has 0 amide bonds. The van der Waals surface area contributed by atoms with Crippen molar-refractivity contribution in [1.82, 2.24) is 0 Å². The largest absolute Gasteiger partial charge is 0.468 e. The standard InChI is InChI=1S/C58H67BN2O/c1-34-28-48-51-49(29-34)61(40-20-16-38(17-21-40)55(6,7)8)52-42-30-41-35(2)36-22-24-58(13,25-23-36)43(41)33-50(42)62-53(52)59(51)46-31-44-45(57(11,12)27-26-56(44,9)10)32-47(46)60(48)39-18-14-37(15-19-39)54(3,4)5/h14-21,28-33,35-36H,22-27H2,1-13H3. The van der Waals surface area contributed by atoms with Crippen LogP contribution in [0.4, 0.5) is 34.1 Å². The van der Waals surface area contributed by atoms with E-state index in [-0.39, 0.29) is 33.8 Å². The van der Waals surface area contributed by atoms with E-state index in [0.29, 0.717) is 5.92 Å². The molecule has 4 heteroatoms. The molecule has 0 saturated heterocycles. The highest BCUT2D eigenvalue weighted by Gasteiger charge is 2.50. The number of hydrogen-bond donors (Lipinski definition) is 0. The third-order valence-electron chi connectivity index (χ3n) is 16.9. The first-order valence-electron chi connectivity index (χ1n) is 23.9. The van der Waals surface area contributed by atoms with Crippen LogP contribution in [-0.2, 0) is 27.1 Å². The van der Waals surface area contributed by atoms with Crippen molar-refractivity contribution in [3.8, 4) is 0 Å². The minimum absolute atomic E-state index is 0.0545. The molecule has 3 heterocycles. The van der Waals surface area contributed by atoms with E-state index < -0.39 is 0 Å². The lowest BCUT2D eigenvalue weighted by molar-refractivity contribution is 0.248. The number of anilines is 6. The first-order chi connectivity index (χ1) is 29.1. The molecule has 12 rings (SSSR count). The topological polar surface area (TPSA) is 19.6 Å². The van der Waals surface area contributed by atoms with Gasteiger partial charge in [-0.15, -0.1) is 0 Å². The van der Waals surface area contributed by atoms with Crippen molar-refractivity contribution in [1.29, 1.82) is 0 Å². The molecule has 0 N–H and O–H groups in total. The Morgan fingerprint density at radius 3 is 1.71 bits per heavy atom. The zero-order valence-electron chi connectivity index (χ0n) is 39.9. The van der Waals surface area contributed by atoms with Gasteiger partial charge in [-0.25, -0.2) is 0 Å². The van der Waals surface area contributed by atoms with E-state index in [1.165, 1.54) is 122 Å². The van der Waals surface area contributed by atoms with Gasteiger partial charge in [0.1, 0.15) is 5.58 Å². The summed E-state index contributed by atoms with van der Waals surface area (Å²) >= 11 is 0. The lowest BCUT2D eigenvalue weighted by Crippen LogP contribution is -2.61. The van der Waals surface area contributed by atoms with Gasteiger partial charge in [0.25, 0.3) is 6.71 Å². The summed E-state index contributed by atoms with van der Waals surface area (Å²) in [5.41, 5.74) is 22.7. The van der Waals surface area contributed by atoms with E-state index in [0.717, 1.165) is 17.2 Å². The van der Waals surface area contributed by atoms with Crippen molar-refractivity contribution in [2.75, 3.05) is 9.80 Å². The van der Waals surface area contributed by atoms with Crippen LogP contribution in [0.3, 0.4) is 0 Å². The molecule has 6 aliphatic rings. The number of benzene rings is 5. The Hall–Kier alpha value is -4.70. The average molecular weight is 819 g/mol. The van der Waals surface area contributed by atoms with Crippen LogP contribution in [0.2, 0.25) is 0 Å². The minimum atomic E-state index is -0.0661. The summed E-state index contributed by atoms with van der Waals surface area (Å²) in [6, 6.07) is 34.2. The highest BCUT2D eigenvalue weighted by molar-refractivity contribution is 7.00. The molecule has 6 aromatic rings. The second-order valence-corrected chi connectivity index (χ2v) is 24.1. The zero-order valence-corrected chi connectivity index (χ0v) is 39.9. The molecule has 1 unspecified atom stereocenters. The normalized spacial score (nSPS) is 23.1. The molecular formula is C58H67BN2O. The molecule has 2 bridgehead atoms. The summed E-state index contributed by atoms with van der Waals surface area (Å²) in [5, 5.41) is 1.25. The Labute approximate surface area is 372 Å². The number of nitrogens with zero attached hydrogens (tertiary/aromatic N) is 2. The molecule has 1 fully saturated rings. The Morgan fingerprint density at radius 2 is 1.15 bits per heavy atom. The maximum absolute atomic E-state index is 7.62. The Balaban J connectivity index is 1.25. The second-order valence-electron chi connectivity index (χ2n) is 24.1. The van der Waals surface area contributed by atoms with E-state index in [1.54, 1.807) is 5.56 Å². The molecule has 2 aliphatic heterocycles. The molecule has 3 nitrogen and oxygen atoms in total. The van der Waals surface area contributed by atoms with Crippen LogP contribution in [0.15, 0.2) is 89.3 Å². The van der Waals surface area contributed by atoms with Crippen LogP contribution in [0.1, 0.15) is 166 Å². The Kier molecular flexibility index (Phi) is 8.38. The molecule has 0 radical (unpaired) electrons. The van der Waals surface area contributed by atoms with E-state index in [1.807, 2.05) is 0 Å². The van der Waals surface area contributed by atoms with Gasteiger partial charge < -0.3 is 14.2 Å². The summed E-state index contributed by atoms with van der Waals surface area (Å²) in [7, 11) is 0. The number of aryl methyl sites for hydroxylation is 1. The fraction of sp³-hybridized carbons (Fsp3) is 0.448. The minimum Gasteiger partial charge on any atom is -0.468 e. The van der Waals surface area contributed by atoms with Crippen molar-refractivity contribution in [2.45, 2.75) is 162 Å². The predicted octanol–water partition coefficient (Wildman–Crippen LogP) is 14.3. The molecule has 1 saturated carbocycles. The summed E-state index contributed by atoms with van der Waals surface area (Å²) < 4.78 is 7.62. The van der Waals surface area contributed by atoms with E-state index in [9.17, 15) is 0 Å². The van der Waals surface area contributed by atoms with E-state index >= 15 is 0 Å². The van der Waals surface area contributed by atoms with Crippen LogP contribution in [0.5, 0.6) is 0 Å². The van der Waals surface area contributed by atoms with Gasteiger partial charge in [-0.05, 0) is 189 Å². The van der Waals surface area contributed by atoms with Crippen molar-refractivity contribution in [3.05, 3.63) is 124 Å². The van der Waals surface area contributed by atoms with Gasteiger partial charge in [-0.3, -0.25) is 0 Å². The summed E-state index contributed by atoms with van der Waals surface area (Å²) in [4.78, 5) is 5.20. The van der Waals surface area contributed by atoms with Crippen LogP contribution in [0, 0.1) is 12.8 Å². The maximum atomic E-state index is 7.62. The quantitative estimate of drug-likeness (QED) is 0.162. The van der Waals surface area contributed by atoms with Gasteiger partial charge in [0, 0.05) is 33.8 Å². The fourth-order valence-electron chi connectivity index (χ4n) is 12.7. The van der Waals surface area contributed by atoms with Crippen molar-refractivity contribution < 1.29 is 4.42 Å². The number of rotatable bonds is 2. The van der Waals surface area contributed by atoms with Crippen LogP contribution in [0.25, 0.3) is 11.0 Å². The Morgan fingerprint density at radius 1 is 0.613 bits per heavy atom. The van der Waals surface area contributed by atoms with Gasteiger partial charge in [0.2, 0.25) is 0 Å². The van der Waals surface area contributed by atoms with E-state index in [4.69, 9.17) is 4.42 Å². The summed E-state index contributed by atoms with van der Waals surface area (Å²) in [5.74, 6) is 1.27. The molecule has 62 heavy (non-hydrogen) atoms. The molecular weight excluding hydrogens is 751 g/mol. The number of furan rings is 1. The monoisotopic (exact) mass is 819 g/mol. The third kappa shape index (κ3) is 5.76. The lowest BCUT2D eigenvalue weighted by Gasteiger charge is -2.46.